The minimum absolute atomic E-state index is 0.282. The molecule has 1 heterocycles. The maximum atomic E-state index is 9.55. The molecule has 0 radical (unpaired) electrons. The van der Waals surface area contributed by atoms with E-state index in [1.807, 2.05) is 18.2 Å². The molecule has 15 heavy (non-hydrogen) atoms. The average Bonchev–Trinajstić information content (AvgIpc) is 2.18. The van der Waals surface area contributed by atoms with E-state index in [1.54, 1.807) is 6.07 Å². The monoisotopic (exact) mass is 207 g/mol. The van der Waals surface area contributed by atoms with Gasteiger partial charge in [0.1, 0.15) is 5.75 Å². The number of para-hydroxylation sites is 1. The number of phenols is 1. The lowest BCUT2D eigenvalue weighted by atomic mass is 9.89. The van der Waals surface area contributed by atoms with Crippen LogP contribution in [0, 0.1) is 5.41 Å². The van der Waals surface area contributed by atoms with Gasteiger partial charge >= 0.3 is 0 Å². The molecule has 3 nitrogen and oxygen atoms in total. The van der Waals surface area contributed by atoms with Gasteiger partial charge in [-0.05, 0) is 6.07 Å². The maximum Gasteiger partial charge on any atom is 0.120 e. The molecule has 0 aliphatic carbocycles. The standard InChI is InChI=1S/C12H17NO2/c1-12(8-15-9-12)7-13-6-10-4-2-3-5-11(10)14/h2-5,13-14H,6-9H2,1H3. The van der Waals surface area contributed by atoms with Gasteiger partial charge in [-0.3, -0.25) is 0 Å². The molecule has 1 aliphatic rings. The molecule has 82 valence electrons. The summed E-state index contributed by atoms with van der Waals surface area (Å²) in [5, 5.41) is 12.9. The third-order valence-corrected chi connectivity index (χ3v) is 2.76. The molecule has 3 heteroatoms. The fourth-order valence-electron chi connectivity index (χ4n) is 1.71. The first-order chi connectivity index (χ1) is 7.20. The molecule has 2 rings (SSSR count). The first-order valence-corrected chi connectivity index (χ1v) is 5.25. The highest BCUT2D eigenvalue weighted by atomic mass is 16.5. The highest BCUT2D eigenvalue weighted by Crippen LogP contribution is 2.25. The number of nitrogens with one attached hydrogen (secondary N) is 1. The second-order valence-electron chi connectivity index (χ2n) is 4.54. The van der Waals surface area contributed by atoms with Gasteiger partial charge in [0.2, 0.25) is 0 Å². The number of benzene rings is 1. The van der Waals surface area contributed by atoms with Crippen LogP contribution in [0.3, 0.4) is 0 Å². The molecular weight excluding hydrogens is 190 g/mol. The van der Waals surface area contributed by atoms with Gasteiger partial charge in [-0.1, -0.05) is 25.1 Å². The molecule has 0 bridgehead atoms. The van der Waals surface area contributed by atoms with Crippen molar-refractivity contribution >= 4 is 0 Å². The third-order valence-electron chi connectivity index (χ3n) is 2.76. The summed E-state index contributed by atoms with van der Waals surface area (Å²) in [4.78, 5) is 0. The highest BCUT2D eigenvalue weighted by molar-refractivity contribution is 5.31. The van der Waals surface area contributed by atoms with Crippen LogP contribution in [0.4, 0.5) is 0 Å². The number of hydrogen-bond acceptors (Lipinski definition) is 3. The fraction of sp³-hybridized carbons (Fsp3) is 0.500. The van der Waals surface area contributed by atoms with Gasteiger partial charge < -0.3 is 15.2 Å². The summed E-state index contributed by atoms with van der Waals surface area (Å²) >= 11 is 0. The first-order valence-electron chi connectivity index (χ1n) is 5.25. The summed E-state index contributed by atoms with van der Waals surface area (Å²) in [6, 6.07) is 7.41. The van der Waals surface area contributed by atoms with Crippen molar-refractivity contribution in [3.63, 3.8) is 0 Å². The summed E-state index contributed by atoms with van der Waals surface area (Å²) < 4.78 is 5.17. The van der Waals surface area contributed by atoms with E-state index >= 15 is 0 Å². The van der Waals surface area contributed by atoms with Gasteiger partial charge in [-0.15, -0.1) is 0 Å². The zero-order chi connectivity index (χ0) is 10.7. The van der Waals surface area contributed by atoms with Gasteiger partial charge in [-0.2, -0.15) is 0 Å². The summed E-state index contributed by atoms with van der Waals surface area (Å²) in [5.74, 6) is 0.361. The van der Waals surface area contributed by atoms with Crippen LogP contribution in [-0.2, 0) is 11.3 Å². The lowest BCUT2D eigenvalue weighted by molar-refractivity contribution is -0.0991. The van der Waals surface area contributed by atoms with Crippen molar-refractivity contribution in [2.75, 3.05) is 19.8 Å². The van der Waals surface area contributed by atoms with Crippen molar-refractivity contribution < 1.29 is 9.84 Å². The topological polar surface area (TPSA) is 41.5 Å². The molecule has 0 aromatic heterocycles. The highest BCUT2D eigenvalue weighted by Gasteiger charge is 2.32. The fourth-order valence-corrected chi connectivity index (χ4v) is 1.71. The smallest absolute Gasteiger partial charge is 0.120 e. The number of rotatable bonds is 4. The molecule has 2 N–H and O–H groups in total. The summed E-state index contributed by atoms with van der Waals surface area (Å²) in [5.41, 5.74) is 1.23. The van der Waals surface area contributed by atoms with E-state index in [1.165, 1.54) is 0 Å². The Bertz CT molecular complexity index is 334. The quantitative estimate of drug-likeness (QED) is 0.786. The first kappa shape index (κ1) is 10.5. The number of ether oxygens (including phenoxy) is 1. The van der Waals surface area contributed by atoms with Crippen LogP contribution in [0.25, 0.3) is 0 Å². The number of hydrogen-bond donors (Lipinski definition) is 2. The van der Waals surface area contributed by atoms with Crippen LogP contribution >= 0.6 is 0 Å². The molecule has 1 aromatic carbocycles. The van der Waals surface area contributed by atoms with Crippen molar-refractivity contribution in [1.29, 1.82) is 0 Å². The molecule has 0 amide bonds. The number of aromatic hydroxyl groups is 1. The van der Waals surface area contributed by atoms with Crippen molar-refractivity contribution in [2.24, 2.45) is 5.41 Å². The molecule has 0 unspecified atom stereocenters. The van der Waals surface area contributed by atoms with Crippen molar-refractivity contribution in [3.05, 3.63) is 29.8 Å². The zero-order valence-corrected chi connectivity index (χ0v) is 8.99. The molecule has 1 aliphatic heterocycles. The van der Waals surface area contributed by atoms with Crippen molar-refractivity contribution in [3.8, 4) is 5.75 Å². The van der Waals surface area contributed by atoms with Gasteiger partial charge in [0.25, 0.3) is 0 Å². The van der Waals surface area contributed by atoms with Gasteiger partial charge in [0.05, 0.1) is 13.2 Å². The Morgan fingerprint density at radius 1 is 1.40 bits per heavy atom. The van der Waals surface area contributed by atoms with E-state index in [-0.39, 0.29) is 5.41 Å². The second-order valence-corrected chi connectivity index (χ2v) is 4.54. The summed E-state index contributed by atoms with van der Waals surface area (Å²) in [7, 11) is 0. The predicted molar refractivity (Wildman–Crippen MR) is 58.7 cm³/mol. The Morgan fingerprint density at radius 2 is 2.13 bits per heavy atom. The van der Waals surface area contributed by atoms with Crippen molar-refractivity contribution in [1.82, 2.24) is 5.32 Å². The third kappa shape index (κ3) is 2.49. The lowest BCUT2D eigenvalue weighted by Crippen LogP contribution is -2.47. The van der Waals surface area contributed by atoms with E-state index in [4.69, 9.17) is 4.74 Å². The largest absolute Gasteiger partial charge is 0.508 e. The van der Waals surface area contributed by atoms with Crippen LogP contribution in [0.15, 0.2) is 24.3 Å². The maximum absolute atomic E-state index is 9.55. The molecule has 0 atom stereocenters. The summed E-state index contributed by atoms with van der Waals surface area (Å²) in [6.45, 7) is 5.51. The van der Waals surface area contributed by atoms with Crippen LogP contribution in [0.2, 0.25) is 0 Å². The van der Waals surface area contributed by atoms with E-state index in [9.17, 15) is 5.11 Å². The van der Waals surface area contributed by atoms with E-state index in [0.717, 1.165) is 25.3 Å². The minimum Gasteiger partial charge on any atom is -0.508 e. The predicted octanol–water partition coefficient (Wildman–Crippen LogP) is 1.52. The van der Waals surface area contributed by atoms with E-state index < -0.39 is 0 Å². The van der Waals surface area contributed by atoms with Gasteiger partial charge in [0.15, 0.2) is 0 Å². The molecule has 0 saturated carbocycles. The van der Waals surface area contributed by atoms with Crippen LogP contribution in [-0.4, -0.2) is 24.9 Å². The molecule has 0 spiro atoms. The Labute approximate surface area is 90.1 Å². The second kappa shape index (κ2) is 4.21. The van der Waals surface area contributed by atoms with Gasteiger partial charge in [0, 0.05) is 24.1 Å². The Kier molecular flexibility index (Phi) is 2.93. The van der Waals surface area contributed by atoms with Crippen LogP contribution in [0.1, 0.15) is 12.5 Å². The van der Waals surface area contributed by atoms with Crippen LogP contribution < -0.4 is 5.32 Å². The molecule has 1 fully saturated rings. The molecule has 1 aromatic rings. The Balaban J connectivity index is 1.81. The average molecular weight is 207 g/mol. The summed E-state index contributed by atoms with van der Waals surface area (Å²) in [6.07, 6.45) is 0. The van der Waals surface area contributed by atoms with E-state index in [2.05, 4.69) is 12.2 Å². The SMILES string of the molecule is CC1(CNCc2ccccc2O)COC1. The Hall–Kier alpha value is -1.06. The van der Waals surface area contributed by atoms with Crippen molar-refractivity contribution in [2.45, 2.75) is 13.5 Å². The lowest BCUT2D eigenvalue weighted by Gasteiger charge is -2.38. The molecule has 1 saturated heterocycles. The van der Waals surface area contributed by atoms with Gasteiger partial charge in [-0.25, -0.2) is 0 Å². The zero-order valence-electron chi connectivity index (χ0n) is 8.99. The minimum atomic E-state index is 0.282. The molecular formula is C12H17NO2. The normalized spacial score (nSPS) is 18.5. The Morgan fingerprint density at radius 3 is 2.73 bits per heavy atom. The van der Waals surface area contributed by atoms with Crippen LogP contribution in [0.5, 0.6) is 5.75 Å². The number of phenolic OH excluding ortho intramolecular Hbond substituents is 1. The van der Waals surface area contributed by atoms with E-state index in [0.29, 0.717) is 12.3 Å².